The third-order valence-electron chi connectivity index (χ3n) is 4.36. The number of nitro groups is 1. The molecule has 10 heteroatoms. The molecule has 0 radical (unpaired) electrons. The number of aliphatic hydroxyl groups excluding tert-OH is 1. The van der Waals surface area contributed by atoms with Crippen molar-refractivity contribution in [3.63, 3.8) is 0 Å². The van der Waals surface area contributed by atoms with Gasteiger partial charge in [0.15, 0.2) is 6.10 Å². The number of para-hydroxylation sites is 1. The summed E-state index contributed by atoms with van der Waals surface area (Å²) in [6.07, 6.45) is 0.0584. The Kier molecular flexibility index (Phi) is 5.06. The van der Waals surface area contributed by atoms with E-state index in [4.69, 9.17) is 4.42 Å². The van der Waals surface area contributed by atoms with Crippen molar-refractivity contribution in [2.75, 3.05) is 10.7 Å². The fourth-order valence-electron chi connectivity index (χ4n) is 2.89. The van der Waals surface area contributed by atoms with Crippen molar-refractivity contribution in [2.24, 2.45) is 4.99 Å². The zero-order valence-corrected chi connectivity index (χ0v) is 15.4. The van der Waals surface area contributed by atoms with Crippen LogP contribution in [-0.4, -0.2) is 15.9 Å². The number of aliphatic hydroxyl groups is 1. The minimum Gasteiger partial charge on any atom is -0.857 e. The first-order chi connectivity index (χ1) is 14.5. The second-order valence-electron chi connectivity index (χ2n) is 6.32. The number of fused-ring (bicyclic) bond motifs is 1. The minimum absolute atomic E-state index is 0.0414. The monoisotopic (exact) mass is 406 g/mol. The van der Waals surface area contributed by atoms with Crippen molar-refractivity contribution in [2.45, 2.75) is 6.10 Å². The van der Waals surface area contributed by atoms with Gasteiger partial charge in [-0.2, -0.15) is 0 Å². The predicted octanol–water partition coefficient (Wildman–Crippen LogP) is 2.57. The second kappa shape index (κ2) is 7.97. The zero-order valence-electron chi connectivity index (χ0n) is 15.4. The van der Waals surface area contributed by atoms with E-state index in [1.807, 2.05) is 18.2 Å². The van der Waals surface area contributed by atoms with Gasteiger partial charge in [-0.05, 0) is 30.3 Å². The number of nitro benzene ring substituents is 1. The van der Waals surface area contributed by atoms with Gasteiger partial charge in [0, 0.05) is 18.0 Å². The largest absolute Gasteiger partial charge is 0.857 e. The van der Waals surface area contributed by atoms with Crippen LogP contribution in [0, 0.1) is 10.1 Å². The summed E-state index contributed by atoms with van der Waals surface area (Å²) < 4.78 is 5.26. The van der Waals surface area contributed by atoms with Gasteiger partial charge >= 0.3 is 0 Å². The fraction of sp³-hybridized carbons (Fsp3) is 0.0500. The number of hydrogen-bond donors (Lipinski definition) is 4. The average molecular weight is 406 g/mol. The van der Waals surface area contributed by atoms with Crippen LogP contribution in [0.15, 0.2) is 87.7 Å². The Balaban J connectivity index is 1.74. The van der Waals surface area contributed by atoms with Gasteiger partial charge in [-0.25, -0.2) is 0 Å². The number of nitrogens with zero attached hydrogens (tertiary/aromatic N) is 2. The summed E-state index contributed by atoms with van der Waals surface area (Å²) in [5, 5.41) is 37.4. The molecule has 4 rings (SSSR count). The van der Waals surface area contributed by atoms with Gasteiger partial charge in [-0.15, -0.1) is 0 Å². The lowest BCUT2D eigenvalue weighted by Crippen LogP contribution is -2.35. The molecule has 0 amide bonds. The van der Waals surface area contributed by atoms with E-state index in [0.717, 1.165) is 0 Å². The first-order valence-corrected chi connectivity index (χ1v) is 8.87. The van der Waals surface area contributed by atoms with Gasteiger partial charge in [0.2, 0.25) is 0 Å². The average Bonchev–Trinajstić information content (AvgIpc) is 3.29. The lowest BCUT2D eigenvalue weighted by Gasteiger charge is -2.28. The van der Waals surface area contributed by atoms with Gasteiger partial charge in [0.25, 0.3) is 5.69 Å². The van der Waals surface area contributed by atoms with Crippen LogP contribution in [0.4, 0.5) is 22.7 Å². The quantitative estimate of drug-likeness (QED) is 0.361. The highest BCUT2D eigenvalue weighted by molar-refractivity contribution is 6.00. The Morgan fingerprint density at radius 3 is 2.67 bits per heavy atom. The molecule has 0 aliphatic carbocycles. The van der Waals surface area contributed by atoms with Crippen molar-refractivity contribution in [3.8, 4) is 0 Å². The highest BCUT2D eigenvalue weighted by atomic mass is 16.6. The SMILES string of the molecule is O=[N+]([O-])c1ccc2c(c1)NC(=C(NNc1ccccc1)C(O)c1ccco1)C([O-])=N2. The van der Waals surface area contributed by atoms with Crippen molar-refractivity contribution in [3.05, 3.63) is 94.2 Å². The fourth-order valence-corrected chi connectivity index (χ4v) is 2.89. The molecule has 1 aromatic heterocycles. The third-order valence-corrected chi connectivity index (χ3v) is 4.36. The van der Waals surface area contributed by atoms with Crippen LogP contribution in [0.1, 0.15) is 11.9 Å². The molecule has 3 aromatic rings. The van der Waals surface area contributed by atoms with E-state index < -0.39 is 16.9 Å². The van der Waals surface area contributed by atoms with Crippen molar-refractivity contribution >= 4 is 28.6 Å². The molecule has 0 bridgehead atoms. The lowest BCUT2D eigenvalue weighted by atomic mass is 10.1. The maximum absolute atomic E-state index is 12.7. The Morgan fingerprint density at radius 2 is 1.97 bits per heavy atom. The summed E-state index contributed by atoms with van der Waals surface area (Å²) >= 11 is 0. The minimum atomic E-state index is -1.34. The number of non-ortho nitro benzene ring substituents is 1. The van der Waals surface area contributed by atoms with Crippen LogP contribution in [0.3, 0.4) is 0 Å². The molecule has 10 nitrogen and oxygen atoms in total. The molecule has 2 heterocycles. The molecule has 30 heavy (non-hydrogen) atoms. The van der Waals surface area contributed by atoms with E-state index in [1.165, 1.54) is 24.5 Å². The highest BCUT2D eigenvalue weighted by Gasteiger charge is 2.24. The van der Waals surface area contributed by atoms with E-state index in [2.05, 4.69) is 21.2 Å². The zero-order chi connectivity index (χ0) is 21.1. The van der Waals surface area contributed by atoms with Crippen LogP contribution in [-0.2, 0) is 0 Å². The summed E-state index contributed by atoms with van der Waals surface area (Å²) in [5.74, 6) is -0.460. The standard InChI is InChI=1S/C20H17N5O5/c26-19(16-7-4-10-30-16)17(24-23-12-5-2-1-3-6-12)18-20(27)22-14-9-8-13(25(28)29)11-15(14)21-18/h1-11,19,21,23-24,26H,(H,22,27)/p-1. The second-order valence-corrected chi connectivity index (χ2v) is 6.32. The van der Waals surface area contributed by atoms with E-state index >= 15 is 0 Å². The van der Waals surface area contributed by atoms with Crippen LogP contribution in [0.2, 0.25) is 0 Å². The van der Waals surface area contributed by atoms with Crippen LogP contribution >= 0.6 is 0 Å². The summed E-state index contributed by atoms with van der Waals surface area (Å²) in [6.45, 7) is 0. The maximum Gasteiger partial charge on any atom is 0.271 e. The van der Waals surface area contributed by atoms with Crippen molar-refractivity contribution in [1.29, 1.82) is 0 Å². The number of aliphatic imine (C=N–C) groups is 1. The number of furan rings is 1. The number of benzene rings is 2. The molecule has 0 saturated carbocycles. The summed E-state index contributed by atoms with van der Waals surface area (Å²) in [6, 6.07) is 16.1. The predicted molar refractivity (Wildman–Crippen MR) is 108 cm³/mol. The highest BCUT2D eigenvalue weighted by Crippen LogP contribution is 2.35. The summed E-state index contributed by atoms with van der Waals surface area (Å²) in [5.41, 5.74) is 6.76. The van der Waals surface area contributed by atoms with E-state index in [1.54, 1.807) is 24.3 Å². The molecule has 4 N–H and O–H groups in total. The Labute approximate surface area is 170 Å². The number of anilines is 2. The molecule has 2 aromatic carbocycles. The molecule has 0 saturated heterocycles. The van der Waals surface area contributed by atoms with Crippen LogP contribution in [0.5, 0.6) is 0 Å². The molecule has 1 aliphatic rings. The molecule has 0 spiro atoms. The van der Waals surface area contributed by atoms with Crippen molar-refractivity contribution in [1.82, 2.24) is 5.43 Å². The normalized spacial score (nSPS) is 15.3. The molecule has 1 atom stereocenters. The smallest absolute Gasteiger partial charge is 0.271 e. The Bertz CT molecular complexity index is 1130. The third kappa shape index (κ3) is 3.80. The number of rotatable bonds is 6. The maximum atomic E-state index is 12.7. The summed E-state index contributed by atoms with van der Waals surface area (Å²) in [4.78, 5) is 14.5. The molecular weight excluding hydrogens is 390 g/mol. The Morgan fingerprint density at radius 1 is 1.17 bits per heavy atom. The van der Waals surface area contributed by atoms with Gasteiger partial charge < -0.3 is 25.4 Å². The number of hydrogen-bond acceptors (Lipinski definition) is 9. The molecule has 152 valence electrons. The van der Waals surface area contributed by atoms with Crippen molar-refractivity contribution < 1.29 is 19.6 Å². The van der Waals surface area contributed by atoms with E-state index in [-0.39, 0.29) is 34.2 Å². The van der Waals surface area contributed by atoms with Crippen LogP contribution in [0.25, 0.3) is 0 Å². The van der Waals surface area contributed by atoms with E-state index in [9.17, 15) is 20.3 Å². The number of hydrazine groups is 1. The topological polar surface area (TPSA) is 148 Å². The molecule has 1 aliphatic heterocycles. The van der Waals surface area contributed by atoms with E-state index in [0.29, 0.717) is 5.69 Å². The lowest BCUT2D eigenvalue weighted by molar-refractivity contribution is -0.384. The van der Waals surface area contributed by atoms with Gasteiger partial charge in [-0.3, -0.25) is 20.5 Å². The van der Waals surface area contributed by atoms with Gasteiger partial charge in [0.05, 0.1) is 39.6 Å². The first-order valence-electron chi connectivity index (χ1n) is 8.87. The number of nitrogens with one attached hydrogen (secondary N) is 3. The van der Waals surface area contributed by atoms with Crippen LogP contribution < -0.4 is 21.3 Å². The Hall–Kier alpha value is -4.31. The first kappa shape index (κ1) is 19.0. The molecular formula is C20H16N5O5-. The summed E-state index contributed by atoms with van der Waals surface area (Å²) in [7, 11) is 0. The van der Waals surface area contributed by atoms with Gasteiger partial charge in [0.1, 0.15) is 5.76 Å². The van der Waals surface area contributed by atoms with Gasteiger partial charge in [-0.1, -0.05) is 18.2 Å². The molecule has 1 unspecified atom stereocenters. The molecule has 0 fully saturated rings.